The maximum Gasteiger partial charge on any atom is 0.408 e. The number of rotatable bonds is 10. The Hall–Kier alpha value is -4.81. The Morgan fingerprint density at radius 3 is 2.56 bits per heavy atom. The second kappa shape index (κ2) is 12.3. The molecule has 0 bridgehead atoms. The van der Waals surface area contributed by atoms with Gasteiger partial charge in [-0.05, 0) is 39.3 Å². The Bertz CT molecular complexity index is 1850. The Labute approximate surface area is 260 Å². The lowest BCUT2D eigenvalue weighted by atomic mass is 9.89. The molecule has 0 radical (unpaired) electrons. The molecule has 14 nitrogen and oxygen atoms in total. The van der Waals surface area contributed by atoms with Crippen molar-refractivity contribution in [1.82, 2.24) is 33.9 Å². The first-order valence-electron chi connectivity index (χ1n) is 14.3. The van der Waals surface area contributed by atoms with Gasteiger partial charge in [-0.3, -0.25) is 9.25 Å². The fourth-order valence-electron chi connectivity index (χ4n) is 5.08. The highest BCUT2D eigenvalue weighted by molar-refractivity contribution is 7.89. The molecule has 0 aliphatic carbocycles. The summed E-state index contributed by atoms with van der Waals surface area (Å²) in [7, 11) is -3.38. The van der Waals surface area contributed by atoms with E-state index >= 15 is 0 Å². The van der Waals surface area contributed by atoms with Crippen molar-refractivity contribution in [3.05, 3.63) is 66.9 Å². The Morgan fingerprint density at radius 1 is 1.16 bits per heavy atom. The van der Waals surface area contributed by atoms with Crippen LogP contribution in [-0.4, -0.2) is 73.5 Å². The molecular formula is C30H34N8O6S. The van der Waals surface area contributed by atoms with Crippen LogP contribution in [0.25, 0.3) is 22.3 Å². The first-order chi connectivity index (χ1) is 21.4. The number of fused-ring (bicyclic) bond motifs is 1. The summed E-state index contributed by atoms with van der Waals surface area (Å²) in [5.74, 6) is -0.704. The highest BCUT2D eigenvalue weighted by Gasteiger charge is 2.49. The van der Waals surface area contributed by atoms with Gasteiger partial charge in [0.2, 0.25) is 10.0 Å². The van der Waals surface area contributed by atoms with Crippen molar-refractivity contribution >= 4 is 33.1 Å². The van der Waals surface area contributed by atoms with Crippen molar-refractivity contribution in [2.24, 2.45) is 0 Å². The Kier molecular flexibility index (Phi) is 8.63. The maximum absolute atomic E-state index is 13.2. The van der Waals surface area contributed by atoms with Gasteiger partial charge < -0.3 is 14.8 Å². The summed E-state index contributed by atoms with van der Waals surface area (Å²) in [6, 6.07) is 11.6. The van der Waals surface area contributed by atoms with Gasteiger partial charge in [0.1, 0.15) is 23.1 Å². The average molecular weight is 635 g/mol. The minimum absolute atomic E-state index is 0.0155. The Morgan fingerprint density at radius 2 is 1.89 bits per heavy atom. The molecule has 0 spiro atoms. The van der Waals surface area contributed by atoms with Crippen LogP contribution >= 0.6 is 0 Å². The number of esters is 1. The number of ether oxygens (including phenoxy) is 2. The normalized spacial score (nSPS) is 15.5. The number of carbonyl (C=O) groups is 2. The fourth-order valence-corrected chi connectivity index (χ4v) is 6.32. The first kappa shape index (κ1) is 31.6. The zero-order valence-corrected chi connectivity index (χ0v) is 26.2. The second-order valence-electron chi connectivity index (χ2n) is 11.7. The summed E-state index contributed by atoms with van der Waals surface area (Å²) in [4.78, 5) is 34.6. The molecule has 1 saturated heterocycles. The van der Waals surface area contributed by atoms with Crippen LogP contribution in [0.3, 0.4) is 0 Å². The third-order valence-corrected chi connectivity index (χ3v) is 9.16. The number of hydrogen-bond donors (Lipinski definition) is 1. The number of amides is 1. The van der Waals surface area contributed by atoms with Crippen molar-refractivity contribution in [3.8, 4) is 17.3 Å². The largest absolute Gasteiger partial charge is 0.444 e. The van der Waals surface area contributed by atoms with Gasteiger partial charge in [-0.2, -0.15) is 14.7 Å². The number of hydrogen-bond acceptors (Lipinski definition) is 10. The van der Waals surface area contributed by atoms with Crippen molar-refractivity contribution in [2.45, 2.75) is 58.0 Å². The number of alkyl carbamates (subject to hydrolysis) is 1. The summed E-state index contributed by atoms with van der Waals surface area (Å²) < 4.78 is 40.2. The number of nitrogens with zero attached hydrogens (tertiary/aromatic N) is 7. The van der Waals surface area contributed by atoms with E-state index < -0.39 is 39.3 Å². The lowest BCUT2D eigenvalue weighted by molar-refractivity contribution is -0.150. The number of benzene rings is 1. The molecule has 1 aliphatic heterocycles. The fraction of sp³-hybridized carbons (Fsp3) is 0.400. The van der Waals surface area contributed by atoms with E-state index in [1.807, 2.05) is 0 Å². The zero-order valence-electron chi connectivity index (χ0n) is 25.4. The number of sulfonamides is 1. The predicted octanol–water partition coefficient (Wildman–Crippen LogP) is 3.34. The van der Waals surface area contributed by atoms with Gasteiger partial charge in [0.15, 0.2) is 12.8 Å². The van der Waals surface area contributed by atoms with E-state index in [1.165, 1.54) is 10.6 Å². The molecule has 5 rings (SSSR count). The van der Waals surface area contributed by atoms with Crippen LogP contribution in [0.5, 0.6) is 0 Å². The number of carbonyl (C=O) groups excluding carboxylic acids is 2. The molecule has 1 fully saturated rings. The summed E-state index contributed by atoms with van der Waals surface area (Å²) in [6.07, 6.45) is 5.79. The molecule has 0 saturated carbocycles. The zero-order chi connectivity index (χ0) is 32.4. The summed E-state index contributed by atoms with van der Waals surface area (Å²) in [6.45, 7) is 6.90. The summed E-state index contributed by atoms with van der Waals surface area (Å²) >= 11 is 0. The van der Waals surface area contributed by atoms with Crippen molar-refractivity contribution in [1.29, 1.82) is 5.26 Å². The molecule has 1 amide bonds. The van der Waals surface area contributed by atoms with Gasteiger partial charge in [0.05, 0.1) is 30.1 Å². The molecule has 4 aromatic rings. The van der Waals surface area contributed by atoms with Crippen LogP contribution in [-0.2, 0) is 36.6 Å². The van der Waals surface area contributed by atoms with Gasteiger partial charge in [-0.1, -0.05) is 30.3 Å². The van der Waals surface area contributed by atoms with Crippen LogP contribution in [0.2, 0.25) is 0 Å². The van der Waals surface area contributed by atoms with Crippen molar-refractivity contribution < 1.29 is 27.5 Å². The molecule has 3 aromatic heterocycles. The number of nitriles is 1. The van der Waals surface area contributed by atoms with Crippen molar-refractivity contribution in [2.75, 3.05) is 18.8 Å². The highest BCUT2D eigenvalue weighted by Crippen LogP contribution is 2.36. The Balaban J connectivity index is 1.34. The van der Waals surface area contributed by atoms with Crippen LogP contribution in [0.4, 0.5) is 4.79 Å². The van der Waals surface area contributed by atoms with Crippen LogP contribution in [0, 0.1) is 11.3 Å². The topological polar surface area (TPSA) is 174 Å². The third-order valence-electron chi connectivity index (χ3n) is 7.38. The lowest BCUT2D eigenvalue weighted by Gasteiger charge is -2.47. The highest BCUT2D eigenvalue weighted by atomic mass is 32.2. The average Bonchev–Trinajstić information content (AvgIpc) is 3.64. The van der Waals surface area contributed by atoms with Gasteiger partial charge in [-0.15, -0.1) is 0 Å². The standard InChI is InChI=1S/C30H34N8O6S/c1-5-45(41,42)37-17-30(18-37,12-13-31)38-16-22(15-34-38)24-23-11-14-36(26(23)33-19-32-24)20-43-27(39)25(21-9-7-6-8-10-21)35-28(40)44-29(2,3)4/h6-11,14-16,19,25H,5,12,17-18,20H2,1-4H3,(H,35,40)/t25-/m0/s1. The van der Waals surface area contributed by atoms with E-state index in [0.29, 0.717) is 27.9 Å². The third kappa shape index (κ3) is 6.66. The summed E-state index contributed by atoms with van der Waals surface area (Å²) in [5.41, 5.74) is 0.712. The van der Waals surface area contributed by atoms with Gasteiger partial charge in [-0.25, -0.2) is 28.0 Å². The lowest BCUT2D eigenvalue weighted by Crippen LogP contribution is -2.64. The number of aromatic nitrogens is 5. The van der Waals surface area contributed by atoms with E-state index in [-0.39, 0.29) is 32.0 Å². The van der Waals surface area contributed by atoms with Gasteiger partial charge in [0.25, 0.3) is 0 Å². The first-order valence-corrected chi connectivity index (χ1v) is 15.9. The van der Waals surface area contributed by atoms with Gasteiger partial charge in [0, 0.05) is 36.4 Å². The molecule has 45 heavy (non-hydrogen) atoms. The van der Waals surface area contributed by atoms with E-state index in [9.17, 15) is 23.3 Å². The monoisotopic (exact) mass is 634 g/mol. The number of nitrogens with one attached hydrogen (secondary N) is 1. The predicted molar refractivity (Wildman–Crippen MR) is 163 cm³/mol. The molecule has 1 aliphatic rings. The van der Waals surface area contributed by atoms with E-state index in [1.54, 1.807) is 91.9 Å². The molecule has 1 N–H and O–H groups in total. The molecule has 15 heteroatoms. The van der Waals surface area contributed by atoms with E-state index in [4.69, 9.17) is 9.47 Å². The summed E-state index contributed by atoms with van der Waals surface area (Å²) in [5, 5.41) is 17.2. The molecule has 1 atom stereocenters. The van der Waals surface area contributed by atoms with Crippen LogP contribution in [0.15, 0.2) is 61.3 Å². The smallest absolute Gasteiger partial charge is 0.408 e. The van der Waals surface area contributed by atoms with E-state index in [2.05, 4.69) is 26.5 Å². The molecule has 236 valence electrons. The van der Waals surface area contributed by atoms with E-state index in [0.717, 1.165) is 0 Å². The minimum atomic E-state index is -3.38. The maximum atomic E-state index is 13.2. The quantitative estimate of drug-likeness (QED) is 0.255. The molecule has 4 heterocycles. The van der Waals surface area contributed by atoms with Crippen LogP contribution in [0.1, 0.15) is 45.7 Å². The second-order valence-corrected chi connectivity index (χ2v) is 14.0. The van der Waals surface area contributed by atoms with Gasteiger partial charge >= 0.3 is 12.1 Å². The SMILES string of the molecule is CCS(=O)(=O)N1CC(CC#N)(n2cc(-c3ncnc4c3ccn4COC(=O)[C@@H](NC(=O)OC(C)(C)C)c3ccccc3)cn2)C1. The molecular weight excluding hydrogens is 600 g/mol. The minimum Gasteiger partial charge on any atom is -0.444 e. The van der Waals surface area contributed by atoms with Crippen molar-refractivity contribution in [3.63, 3.8) is 0 Å². The molecule has 1 aromatic carbocycles. The molecule has 0 unspecified atom stereocenters. The van der Waals surface area contributed by atoms with Crippen LogP contribution < -0.4 is 5.32 Å².